The molecule has 0 amide bonds. The minimum absolute atomic E-state index is 0.181. The highest BCUT2D eigenvalue weighted by Gasteiger charge is 2.17. The first-order chi connectivity index (χ1) is 9.12. The van der Waals surface area contributed by atoms with Crippen LogP contribution in [-0.4, -0.2) is 50.0 Å². The van der Waals surface area contributed by atoms with Crippen LogP contribution in [0, 0.1) is 6.92 Å². The molecule has 0 fully saturated rings. The van der Waals surface area contributed by atoms with Crippen molar-refractivity contribution in [3.05, 3.63) is 11.8 Å². The SMILES string of the molecule is COCCN(c1cc(C)nc(NN)n1)C(C)COC. The largest absolute Gasteiger partial charge is 0.383 e. The summed E-state index contributed by atoms with van der Waals surface area (Å²) in [5, 5.41) is 0. The molecule has 108 valence electrons. The number of nitrogens with one attached hydrogen (secondary N) is 1. The number of hydrogen-bond donors (Lipinski definition) is 2. The highest BCUT2D eigenvalue weighted by Crippen LogP contribution is 2.17. The van der Waals surface area contributed by atoms with Crippen molar-refractivity contribution in [1.29, 1.82) is 0 Å². The minimum Gasteiger partial charge on any atom is -0.383 e. The van der Waals surface area contributed by atoms with Crippen LogP contribution in [0.5, 0.6) is 0 Å². The first-order valence-electron chi connectivity index (χ1n) is 6.19. The lowest BCUT2D eigenvalue weighted by Crippen LogP contribution is -2.39. The van der Waals surface area contributed by atoms with Gasteiger partial charge >= 0.3 is 0 Å². The molecule has 0 aromatic carbocycles. The number of aryl methyl sites for hydroxylation is 1. The Morgan fingerprint density at radius 2 is 2.11 bits per heavy atom. The van der Waals surface area contributed by atoms with Crippen molar-refractivity contribution in [2.75, 3.05) is 44.3 Å². The van der Waals surface area contributed by atoms with E-state index >= 15 is 0 Å². The Kier molecular flexibility index (Phi) is 6.48. The molecule has 0 saturated heterocycles. The summed E-state index contributed by atoms with van der Waals surface area (Å²) in [7, 11) is 3.36. The van der Waals surface area contributed by atoms with Crippen LogP contribution in [0.2, 0.25) is 0 Å². The number of nitrogens with two attached hydrogens (primary N) is 1. The quantitative estimate of drug-likeness (QED) is 0.526. The van der Waals surface area contributed by atoms with Crippen LogP contribution in [0.1, 0.15) is 12.6 Å². The predicted octanol–water partition coefficient (Wildman–Crippen LogP) is 0.558. The van der Waals surface area contributed by atoms with Gasteiger partial charge in [-0.1, -0.05) is 0 Å². The first kappa shape index (κ1) is 15.6. The van der Waals surface area contributed by atoms with Gasteiger partial charge in [-0.05, 0) is 13.8 Å². The number of methoxy groups -OCH3 is 2. The van der Waals surface area contributed by atoms with Gasteiger partial charge in [0.2, 0.25) is 5.95 Å². The van der Waals surface area contributed by atoms with E-state index in [0.29, 0.717) is 19.2 Å². The molecule has 1 unspecified atom stereocenters. The minimum atomic E-state index is 0.181. The molecule has 0 spiro atoms. The number of hydrazine groups is 1. The van der Waals surface area contributed by atoms with E-state index in [1.165, 1.54) is 0 Å². The van der Waals surface area contributed by atoms with E-state index in [1.807, 2.05) is 13.0 Å². The number of ether oxygens (including phenoxy) is 2. The smallest absolute Gasteiger partial charge is 0.239 e. The van der Waals surface area contributed by atoms with Crippen molar-refractivity contribution in [3.63, 3.8) is 0 Å². The van der Waals surface area contributed by atoms with Gasteiger partial charge in [-0.25, -0.2) is 10.8 Å². The lowest BCUT2D eigenvalue weighted by atomic mass is 10.2. The highest BCUT2D eigenvalue weighted by atomic mass is 16.5. The molecule has 1 atom stereocenters. The molecule has 0 saturated carbocycles. The molecule has 0 radical (unpaired) electrons. The second-order valence-corrected chi connectivity index (χ2v) is 4.33. The Balaban J connectivity index is 2.97. The normalized spacial score (nSPS) is 12.3. The second kappa shape index (κ2) is 7.88. The van der Waals surface area contributed by atoms with Gasteiger partial charge in [-0.15, -0.1) is 0 Å². The molecule has 0 bridgehead atoms. The van der Waals surface area contributed by atoms with Gasteiger partial charge in [0.15, 0.2) is 0 Å². The Labute approximate surface area is 114 Å². The highest BCUT2D eigenvalue weighted by molar-refractivity contribution is 5.45. The van der Waals surface area contributed by atoms with E-state index in [2.05, 4.69) is 27.2 Å². The van der Waals surface area contributed by atoms with Gasteiger partial charge in [0.1, 0.15) is 5.82 Å². The zero-order valence-corrected chi connectivity index (χ0v) is 12.0. The molecule has 1 aromatic heterocycles. The number of rotatable bonds is 8. The van der Waals surface area contributed by atoms with E-state index in [0.717, 1.165) is 18.1 Å². The fraction of sp³-hybridized carbons (Fsp3) is 0.667. The summed E-state index contributed by atoms with van der Waals surface area (Å²) in [6.45, 7) is 5.93. The molecule has 3 N–H and O–H groups in total. The van der Waals surface area contributed by atoms with Crippen molar-refractivity contribution >= 4 is 11.8 Å². The summed E-state index contributed by atoms with van der Waals surface area (Å²) >= 11 is 0. The standard InChI is InChI=1S/C12H23N5O2/c1-9-7-11(15-12(14-9)16-13)17(5-6-18-3)10(2)8-19-4/h7,10H,5-6,8,13H2,1-4H3,(H,14,15,16). The van der Waals surface area contributed by atoms with Gasteiger partial charge < -0.3 is 14.4 Å². The zero-order valence-electron chi connectivity index (χ0n) is 12.0. The summed E-state index contributed by atoms with van der Waals surface area (Å²) in [6.07, 6.45) is 0. The number of hydrogen-bond acceptors (Lipinski definition) is 7. The molecule has 0 aliphatic carbocycles. The number of anilines is 2. The van der Waals surface area contributed by atoms with Gasteiger partial charge in [0, 0.05) is 32.5 Å². The molecule has 1 aromatic rings. The van der Waals surface area contributed by atoms with Crippen molar-refractivity contribution in [3.8, 4) is 0 Å². The number of aromatic nitrogens is 2. The number of nitrogens with zero attached hydrogens (tertiary/aromatic N) is 3. The van der Waals surface area contributed by atoms with Crippen LogP contribution in [0.4, 0.5) is 11.8 Å². The summed E-state index contributed by atoms with van der Waals surface area (Å²) in [4.78, 5) is 10.7. The fourth-order valence-electron chi connectivity index (χ4n) is 1.85. The third kappa shape index (κ3) is 4.62. The fourth-order valence-corrected chi connectivity index (χ4v) is 1.85. The maximum Gasteiger partial charge on any atom is 0.239 e. The van der Waals surface area contributed by atoms with Gasteiger partial charge in [0.05, 0.1) is 19.3 Å². The van der Waals surface area contributed by atoms with Gasteiger partial charge in [-0.3, -0.25) is 5.43 Å². The maximum absolute atomic E-state index is 5.38. The van der Waals surface area contributed by atoms with E-state index in [4.69, 9.17) is 15.3 Å². The van der Waals surface area contributed by atoms with Gasteiger partial charge in [0.25, 0.3) is 0 Å². The van der Waals surface area contributed by atoms with Crippen LogP contribution in [0.25, 0.3) is 0 Å². The van der Waals surface area contributed by atoms with E-state index in [-0.39, 0.29) is 6.04 Å². The molecule has 0 aliphatic rings. The molecule has 7 nitrogen and oxygen atoms in total. The Bertz CT molecular complexity index is 388. The lowest BCUT2D eigenvalue weighted by Gasteiger charge is -2.30. The average Bonchev–Trinajstić information content (AvgIpc) is 2.39. The van der Waals surface area contributed by atoms with Crippen LogP contribution < -0.4 is 16.2 Å². The third-order valence-corrected chi connectivity index (χ3v) is 2.74. The Morgan fingerprint density at radius 3 is 2.68 bits per heavy atom. The molecule has 0 aliphatic heterocycles. The maximum atomic E-state index is 5.38. The summed E-state index contributed by atoms with van der Waals surface area (Å²) < 4.78 is 10.3. The Morgan fingerprint density at radius 1 is 1.37 bits per heavy atom. The van der Waals surface area contributed by atoms with Crippen molar-refractivity contribution in [2.45, 2.75) is 19.9 Å². The lowest BCUT2D eigenvalue weighted by molar-refractivity contribution is 0.170. The van der Waals surface area contributed by atoms with E-state index in [1.54, 1.807) is 14.2 Å². The summed E-state index contributed by atoms with van der Waals surface area (Å²) in [5.74, 6) is 6.59. The summed E-state index contributed by atoms with van der Waals surface area (Å²) in [6, 6.07) is 2.10. The van der Waals surface area contributed by atoms with Crippen molar-refractivity contribution in [1.82, 2.24) is 9.97 Å². The van der Waals surface area contributed by atoms with Gasteiger partial charge in [-0.2, -0.15) is 4.98 Å². The van der Waals surface area contributed by atoms with Crippen LogP contribution in [0.15, 0.2) is 6.07 Å². The first-order valence-corrected chi connectivity index (χ1v) is 6.19. The topological polar surface area (TPSA) is 85.5 Å². The summed E-state index contributed by atoms with van der Waals surface area (Å²) in [5.41, 5.74) is 3.33. The second-order valence-electron chi connectivity index (χ2n) is 4.33. The average molecular weight is 269 g/mol. The molecule has 7 heteroatoms. The van der Waals surface area contributed by atoms with Crippen molar-refractivity contribution in [2.24, 2.45) is 5.84 Å². The Hall–Kier alpha value is -1.44. The molecule has 1 heterocycles. The van der Waals surface area contributed by atoms with Crippen LogP contribution in [0.3, 0.4) is 0 Å². The van der Waals surface area contributed by atoms with E-state index < -0.39 is 0 Å². The molecular formula is C12H23N5O2. The predicted molar refractivity (Wildman–Crippen MR) is 75.1 cm³/mol. The van der Waals surface area contributed by atoms with Crippen LogP contribution in [-0.2, 0) is 9.47 Å². The van der Waals surface area contributed by atoms with E-state index in [9.17, 15) is 0 Å². The third-order valence-electron chi connectivity index (χ3n) is 2.74. The number of nitrogen functional groups attached to an aromatic ring is 1. The monoisotopic (exact) mass is 269 g/mol. The molecular weight excluding hydrogens is 246 g/mol. The van der Waals surface area contributed by atoms with Crippen molar-refractivity contribution < 1.29 is 9.47 Å². The molecule has 1 rings (SSSR count). The molecule has 19 heavy (non-hydrogen) atoms. The zero-order chi connectivity index (χ0) is 14.3. The van der Waals surface area contributed by atoms with Crippen LogP contribution >= 0.6 is 0 Å².